The molecule has 2 heterocycles. The second-order valence-corrected chi connectivity index (χ2v) is 7.14. The van der Waals surface area contributed by atoms with Crippen molar-refractivity contribution in [3.05, 3.63) is 47.5 Å². The largest absolute Gasteiger partial charge is 0.380 e. The predicted octanol–water partition coefficient (Wildman–Crippen LogP) is 2.64. The Labute approximate surface area is 150 Å². The van der Waals surface area contributed by atoms with Crippen molar-refractivity contribution in [3.63, 3.8) is 0 Å². The van der Waals surface area contributed by atoms with Crippen molar-refractivity contribution < 1.29 is 9.53 Å². The molecule has 2 aliphatic rings. The van der Waals surface area contributed by atoms with Crippen molar-refractivity contribution >= 4 is 6.03 Å². The molecule has 0 spiro atoms. The Morgan fingerprint density at radius 1 is 1.32 bits per heavy atom. The van der Waals surface area contributed by atoms with Gasteiger partial charge in [0.1, 0.15) is 0 Å². The number of carbonyl (C=O) groups excluding carboxylic acids is 1. The molecule has 0 bridgehead atoms. The second kappa shape index (κ2) is 8.50. The molecule has 0 aliphatic carbocycles. The molecule has 2 atom stereocenters. The fourth-order valence-corrected chi connectivity index (χ4v) is 3.72. The summed E-state index contributed by atoms with van der Waals surface area (Å²) in [5.74, 6) is 0. The highest BCUT2D eigenvalue weighted by molar-refractivity contribution is 5.75. The topological polar surface area (TPSA) is 44.8 Å². The highest BCUT2D eigenvalue weighted by Gasteiger charge is 2.31. The fraction of sp³-hybridized carbons (Fsp3) is 0.550. The maximum absolute atomic E-state index is 12.5. The Balaban J connectivity index is 1.48. The van der Waals surface area contributed by atoms with Crippen LogP contribution in [0.5, 0.6) is 0 Å². The number of nitrogens with one attached hydrogen (secondary N) is 1. The molecule has 0 saturated carbocycles. The summed E-state index contributed by atoms with van der Waals surface area (Å²) < 4.78 is 5.16. The Kier molecular flexibility index (Phi) is 6.10. The summed E-state index contributed by atoms with van der Waals surface area (Å²) >= 11 is 0. The number of rotatable bonds is 5. The maximum Gasteiger partial charge on any atom is 0.317 e. The SMILES string of the molecule is COCC1=CCN(C(=O)N[C@@H]2C[C@@H](C)N(Cc3ccccc3)C2)CC1. The van der Waals surface area contributed by atoms with Gasteiger partial charge in [0, 0.05) is 45.4 Å². The molecule has 1 aromatic rings. The average Bonchev–Trinajstić information content (AvgIpc) is 2.96. The minimum atomic E-state index is 0.0616. The molecular weight excluding hydrogens is 314 g/mol. The van der Waals surface area contributed by atoms with Crippen LogP contribution in [0, 0.1) is 0 Å². The minimum Gasteiger partial charge on any atom is -0.380 e. The van der Waals surface area contributed by atoms with Gasteiger partial charge < -0.3 is 15.0 Å². The van der Waals surface area contributed by atoms with Gasteiger partial charge in [0.2, 0.25) is 0 Å². The number of carbonyl (C=O) groups is 1. The van der Waals surface area contributed by atoms with Crippen molar-refractivity contribution in [2.75, 3.05) is 33.4 Å². The number of hydrogen-bond acceptors (Lipinski definition) is 3. The minimum absolute atomic E-state index is 0.0616. The summed E-state index contributed by atoms with van der Waals surface area (Å²) in [5, 5.41) is 3.23. The molecule has 0 unspecified atom stereocenters. The molecule has 136 valence electrons. The smallest absolute Gasteiger partial charge is 0.317 e. The molecule has 1 N–H and O–H groups in total. The molecule has 5 nitrogen and oxygen atoms in total. The number of benzene rings is 1. The Morgan fingerprint density at radius 2 is 2.12 bits per heavy atom. The van der Waals surface area contributed by atoms with Crippen molar-refractivity contribution in [1.82, 2.24) is 15.1 Å². The summed E-state index contributed by atoms with van der Waals surface area (Å²) in [4.78, 5) is 16.9. The molecule has 25 heavy (non-hydrogen) atoms. The van der Waals surface area contributed by atoms with Gasteiger partial charge in [-0.15, -0.1) is 0 Å². The van der Waals surface area contributed by atoms with Crippen LogP contribution in [0.4, 0.5) is 4.79 Å². The number of urea groups is 1. The van der Waals surface area contributed by atoms with E-state index in [0.717, 1.165) is 32.5 Å². The third-order valence-corrected chi connectivity index (χ3v) is 5.18. The zero-order valence-corrected chi connectivity index (χ0v) is 15.3. The third-order valence-electron chi connectivity index (χ3n) is 5.18. The fourth-order valence-electron chi connectivity index (χ4n) is 3.72. The monoisotopic (exact) mass is 343 g/mol. The highest BCUT2D eigenvalue weighted by atomic mass is 16.5. The van der Waals surface area contributed by atoms with Crippen molar-refractivity contribution in [3.8, 4) is 0 Å². The van der Waals surface area contributed by atoms with Crippen LogP contribution in [-0.4, -0.2) is 61.3 Å². The van der Waals surface area contributed by atoms with Crippen LogP contribution in [0.1, 0.15) is 25.3 Å². The Bertz CT molecular complexity index is 602. The van der Waals surface area contributed by atoms with Gasteiger partial charge in [0.15, 0.2) is 0 Å². The molecule has 1 fully saturated rings. The van der Waals surface area contributed by atoms with E-state index in [4.69, 9.17) is 4.74 Å². The van der Waals surface area contributed by atoms with Crippen LogP contribution in [0.15, 0.2) is 42.0 Å². The maximum atomic E-state index is 12.5. The number of nitrogens with zero attached hydrogens (tertiary/aromatic N) is 2. The summed E-state index contributed by atoms with van der Waals surface area (Å²) in [7, 11) is 1.71. The Morgan fingerprint density at radius 3 is 2.80 bits per heavy atom. The molecule has 1 aromatic carbocycles. The van der Waals surface area contributed by atoms with E-state index in [0.29, 0.717) is 19.2 Å². The van der Waals surface area contributed by atoms with Crippen molar-refractivity contribution in [2.45, 2.75) is 38.4 Å². The van der Waals surface area contributed by atoms with E-state index in [2.05, 4.69) is 47.5 Å². The van der Waals surface area contributed by atoms with E-state index in [1.807, 2.05) is 11.0 Å². The number of likely N-dealkylation sites (tertiary alicyclic amines) is 1. The second-order valence-electron chi connectivity index (χ2n) is 7.14. The first-order valence-electron chi connectivity index (χ1n) is 9.16. The molecule has 2 aliphatic heterocycles. The first-order chi connectivity index (χ1) is 12.2. The first kappa shape index (κ1) is 18.0. The van der Waals surface area contributed by atoms with Crippen LogP contribution in [0.25, 0.3) is 0 Å². The molecule has 5 heteroatoms. The lowest BCUT2D eigenvalue weighted by molar-refractivity contribution is 0.190. The summed E-state index contributed by atoms with van der Waals surface area (Å²) in [6.07, 6.45) is 4.03. The van der Waals surface area contributed by atoms with Gasteiger partial charge in [-0.2, -0.15) is 0 Å². The lowest BCUT2D eigenvalue weighted by atomic mass is 10.1. The standard InChI is InChI=1S/C20H29N3O2/c1-16-12-19(14-23(16)13-17-6-4-3-5-7-17)21-20(24)22-10-8-18(9-11-22)15-25-2/h3-8,16,19H,9-15H2,1-2H3,(H,21,24)/t16-,19-/m1/s1. The lowest BCUT2D eigenvalue weighted by Gasteiger charge is -2.28. The average molecular weight is 343 g/mol. The van der Waals surface area contributed by atoms with Crippen molar-refractivity contribution in [2.24, 2.45) is 0 Å². The van der Waals surface area contributed by atoms with Gasteiger partial charge in [-0.25, -0.2) is 4.79 Å². The predicted molar refractivity (Wildman–Crippen MR) is 99.4 cm³/mol. The summed E-state index contributed by atoms with van der Waals surface area (Å²) in [6, 6.07) is 11.3. The van der Waals surface area contributed by atoms with Gasteiger partial charge in [-0.1, -0.05) is 36.4 Å². The first-order valence-corrected chi connectivity index (χ1v) is 9.16. The van der Waals surface area contributed by atoms with E-state index in [1.165, 1.54) is 11.1 Å². The van der Waals surface area contributed by atoms with Crippen LogP contribution < -0.4 is 5.32 Å². The zero-order valence-electron chi connectivity index (χ0n) is 15.3. The van der Waals surface area contributed by atoms with E-state index in [9.17, 15) is 4.79 Å². The number of methoxy groups -OCH3 is 1. The van der Waals surface area contributed by atoms with Crippen LogP contribution >= 0.6 is 0 Å². The van der Waals surface area contributed by atoms with Gasteiger partial charge in [0.05, 0.1) is 6.61 Å². The molecule has 0 radical (unpaired) electrons. The number of hydrogen-bond donors (Lipinski definition) is 1. The lowest BCUT2D eigenvalue weighted by Crippen LogP contribution is -2.47. The van der Waals surface area contributed by atoms with Gasteiger partial charge >= 0.3 is 6.03 Å². The van der Waals surface area contributed by atoms with E-state index in [1.54, 1.807) is 7.11 Å². The quantitative estimate of drug-likeness (QED) is 0.836. The van der Waals surface area contributed by atoms with Crippen LogP contribution in [0.3, 0.4) is 0 Å². The van der Waals surface area contributed by atoms with E-state index in [-0.39, 0.29) is 12.1 Å². The highest BCUT2D eigenvalue weighted by Crippen LogP contribution is 2.21. The molecule has 2 amide bonds. The van der Waals surface area contributed by atoms with E-state index < -0.39 is 0 Å². The van der Waals surface area contributed by atoms with Gasteiger partial charge in [-0.05, 0) is 30.9 Å². The molecule has 3 rings (SSSR count). The van der Waals surface area contributed by atoms with Crippen molar-refractivity contribution in [1.29, 1.82) is 0 Å². The summed E-state index contributed by atoms with van der Waals surface area (Å²) in [6.45, 7) is 6.24. The van der Waals surface area contributed by atoms with E-state index >= 15 is 0 Å². The normalized spacial score (nSPS) is 24.2. The third kappa shape index (κ3) is 4.83. The molecular formula is C20H29N3O2. The van der Waals surface area contributed by atoms with Crippen LogP contribution in [0.2, 0.25) is 0 Å². The number of ether oxygens (including phenoxy) is 1. The summed E-state index contributed by atoms with van der Waals surface area (Å²) in [5.41, 5.74) is 2.61. The molecule has 0 aromatic heterocycles. The van der Waals surface area contributed by atoms with Crippen LogP contribution in [-0.2, 0) is 11.3 Å². The Hall–Kier alpha value is -1.85. The molecule has 1 saturated heterocycles. The van der Waals surface area contributed by atoms with Gasteiger partial charge in [-0.3, -0.25) is 4.90 Å². The van der Waals surface area contributed by atoms with Gasteiger partial charge in [0.25, 0.3) is 0 Å². The zero-order chi connectivity index (χ0) is 17.6. The number of amides is 2.